The van der Waals surface area contributed by atoms with Gasteiger partial charge in [-0.25, -0.2) is 0 Å². The van der Waals surface area contributed by atoms with E-state index in [-0.39, 0.29) is 5.41 Å². The third kappa shape index (κ3) is 6.44. The molecule has 1 heterocycles. The lowest BCUT2D eigenvalue weighted by Crippen LogP contribution is -2.18. The van der Waals surface area contributed by atoms with Gasteiger partial charge in [-0.2, -0.15) is 0 Å². The fourth-order valence-electron chi connectivity index (χ4n) is 8.33. The molecule has 1 aliphatic carbocycles. The van der Waals surface area contributed by atoms with Crippen molar-refractivity contribution in [3.05, 3.63) is 156 Å². The molecule has 0 spiro atoms. The number of nitrogens with zero attached hydrogens (tertiary/aromatic N) is 2. The SMILES string of the molecule is C=Cc1c(/C=C\C)c(N(c2ccccc2)c2ccc(CCCC)cc2)cc2c1-c1ccc(-n3c4ccc(SI)cc4c4cc(SI)ccc43)cc1C2(C)C. The first-order chi connectivity index (χ1) is 26.3. The maximum absolute atomic E-state index is 4.45. The molecule has 0 aliphatic heterocycles. The molecule has 0 radical (unpaired) electrons. The van der Waals surface area contributed by atoms with Crippen molar-refractivity contribution in [2.75, 3.05) is 4.90 Å². The van der Waals surface area contributed by atoms with E-state index in [1.807, 2.05) is 0 Å². The average molecular weight is 965 g/mol. The molecule has 6 heteroatoms. The number of allylic oxidation sites excluding steroid dienone is 1. The molecule has 54 heavy (non-hydrogen) atoms. The van der Waals surface area contributed by atoms with Crippen molar-refractivity contribution in [1.29, 1.82) is 0 Å². The van der Waals surface area contributed by atoms with Crippen LogP contribution in [-0.4, -0.2) is 4.57 Å². The summed E-state index contributed by atoms with van der Waals surface area (Å²) >= 11 is 4.77. The molecular formula is C48H42I2N2S2. The topological polar surface area (TPSA) is 8.17 Å². The summed E-state index contributed by atoms with van der Waals surface area (Å²) in [6, 6.07) is 43.3. The maximum Gasteiger partial charge on any atom is 0.0543 e. The van der Waals surface area contributed by atoms with E-state index in [1.165, 1.54) is 89.1 Å². The number of benzene rings is 6. The van der Waals surface area contributed by atoms with Gasteiger partial charge in [0.25, 0.3) is 0 Å². The molecule has 7 aromatic rings. The fraction of sp³-hybridized carbons (Fsp3) is 0.167. The molecule has 8 rings (SSSR count). The van der Waals surface area contributed by atoms with Gasteiger partial charge in [0.1, 0.15) is 0 Å². The normalized spacial score (nSPS) is 13.1. The van der Waals surface area contributed by atoms with E-state index >= 15 is 0 Å². The number of fused-ring (bicyclic) bond motifs is 6. The molecule has 0 fully saturated rings. The van der Waals surface area contributed by atoms with E-state index < -0.39 is 0 Å². The molecule has 0 N–H and O–H groups in total. The van der Waals surface area contributed by atoms with Gasteiger partial charge in [0, 0.05) is 91.0 Å². The fourth-order valence-corrected chi connectivity index (χ4v) is 10.5. The molecule has 0 saturated carbocycles. The van der Waals surface area contributed by atoms with Gasteiger partial charge < -0.3 is 9.47 Å². The summed E-state index contributed by atoms with van der Waals surface area (Å²) in [5.41, 5.74) is 15.8. The van der Waals surface area contributed by atoms with Gasteiger partial charge in [-0.1, -0.05) is 106 Å². The van der Waals surface area contributed by atoms with Crippen LogP contribution in [0.3, 0.4) is 0 Å². The Kier molecular flexibility index (Phi) is 10.8. The van der Waals surface area contributed by atoms with Crippen LogP contribution in [0.25, 0.3) is 50.8 Å². The zero-order chi connectivity index (χ0) is 37.6. The molecule has 270 valence electrons. The second-order valence-corrected chi connectivity index (χ2v) is 18.4. The zero-order valence-electron chi connectivity index (χ0n) is 31.0. The Hall–Kier alpha value is -3.44. The number of rotatable bonds is 11. The number of para-hydroxylation sites is 1. The molecule has 1 aromatic heterocycles. The van der Waals surface area contributed by atoms with E-state index in [0.29, 0.717) is 0 Å². The highest BCUT2D eigenvalue weighted by atomic mass is 127. The number of hydrogen-bond donors (Lipinski definition) is 0. The minimum absolute atomic E-state index is 0.261. The van der Waals surface area contributed by atoms with Gasteiger partial charge in [0.15, 0.2) is 0 Å². The number of aromatic nitrogens is 1. The molecule has 0 atom stereocenters. The van der Waals surface area contributed by atoms with Crippen LogP contribution >= 0.6 is 60.3 Å². The summed E-state index contributed by atoms with van der Waals surface area (Å²) in [7, 11) is 3.53. The minimum atomic E-state index is -0.261. The van der Waals surface area contributed by atoms with Crippen molar-refractivity contribution < 1.29 is 0 Å². The van der Waals surface area contributed by atoms with Gasteiger partial charge in [0.05, 0.1) is 16.7 Å². The Bertz CT molecular complexity index is 2510. The number of unbranched alkanes of at least 4 members (excludes halogenated alkanes) is 1. The molecule has 0 amide bonds. The van der Waals surface area contributed by atoms with Crippen LogP contribution in [0.5, 0.6) is 0 Å². The lowest BCUT2D eigenvalue weighted by atomic mass is 9.81. The van der Waals surface area contributed by atoms with Gasteiger partial charge in [0.2, 0.25) is 0 Å². The highest BCUT2D eigenvalue weighted by Gasteiger charge is 2.39. The van der Waals surface area contributed by atoms with Crippen molar-refractivity contribution in [2.24, 2.45) is 0 Å². The molecule has 0 bridgehead atoms. The van der Waals surface area contributed by atoms with Crippen LogP contribution in [-0.2, 0) is 11.8 Å². The molecular weight excluding hydrogens is 922 g/mol. The first-order valence-electron chi connectivity index (χ1n) is 18.5. The predicted octanol–water partition coefficient (Wildman–Crippen LogP) is 16.5. The lowest BCUT2D eigenvalue weighted by Gasteiger charge is -2.31. The smallest absolute Gasteiger partial charge is 0.0543 e. The van der Waals surface area contributed by atoms with Gasteiger partial charge in [-0.3, -0.25) is 0 Å². The van der Waals surface area contributed by atoms with Gasteiger partial charge >= 0.3 is 0 Å². The quantitative estimate of drug-likeness (QED) is 0.119. The third-order valence-electron chi connectivity index (χ3n) is 11.0. The minimum Gasteiger partial charge on any atom is -0.310 e. The summed E-state index contributed by atoms with van der Waals surface area (Å²) in [6.45, 7) is 13.6. The number of halogens is 2. The Morgan fingerprint density at radius 1 is 0.741 bits per heavy atom. The monoisotopic (exact) mass is 964 g/mol. The standard InChI is InChI=1S/C48H42I2N2S2/c1-6-9-14-31-17-19-33(20-18-31)51(32-15-11-10-12-16-32)46-30-43-47(37(8-3)38(46)13-7-2)39-24-21-34(27-42(39)48(43,4)5)52-44-25-22-35(53-49)28-40(44)41-29-36(54-50)23-26-45(41)52/h7-8,10-13,15-30H,3,6,9,14H2,1-2,4-5H3/b13-7-. The molecule has 6 aromatic carbocycles. The van der Waals surface area contributed by atoms with E-state index in [1.54, 1.807) is 17.9 Å². The molecule has 1 aliphatic rings. The third-order valence-corrected chi connectivity index (χ3v) is 14.9. The van der Waals surface area contributed by atoms with Crippen LogP contribution in [0.2, 0.25) is 0 Å². The summed E-state index contributed by atoms with van der Waals surface area (Å²) < 4.78 is 2.46. The lowest BCUT2D eigenvalue weighted by molar-refractivity contribution is 0.660. The second kappa shape index (κ2) is 15.6. The van der Waals surface area contributed by atoms with E-state index in [9.17, 15) is 0 Å². The van der Waals surface area contributed by atoms with Crippen LogP contribution in [0, 0.1) is 0 Å². The van der Waals surface area contributed by atoms with Crippen molar-refractivity contribution in [1.82, 2.24) is 4.57 Å². The second-order valence-electron chi connectivity index (χ2n) is 14.5. The van der Waals surface area contributed by atoms with E-state index in [2.05, 4.69) is 220 Å². The van der Waals surface area contributed by atoms with Crippen LogP contribution in [0.1, 0.15) is 68.4 Å². The Morgan fingerprint density at radius 2 is 1.39 bits per heavy atom. The molecule has 0 saturated heterocycles. The van der Waals surface area contributed by atoms with Gasteiger partial charge in [-0.15, -0.1) is 0 Å². The molecule has 0 unspecified atom stereocenters. The average Bonchev–Trinajstić information content (AvgIpc) is 3.64. The highest BCUT2D eigenvalue weighted by Crippen LogP contribution is 2.55. The number of hydrogen-bond acceptors (Lipinski definition) is 3. The Labute approximate surface area is 352 Å². The summed E-state index contributed by atoms with van der Waals surface area (Å²) in [5.74, 6) is 0. The van der Waals surface area contributed by atoms with Crippen molar-refractivity contribution >= 4 is 111 Å². The van der Waals surface area contributed by atoms with Crippen molar-refractivity contribution in [3.63, 3.8) is 0 Å². The highest BCUT2D eigenvalue weighted by molar-refractivity contribution is 14.2. The summed E-state index contributed by atoms with van der Waals surface area (Å²) in [6.07, 6.45) is 10.00. The summed E-state index contributed by atoms with van der Waals surface area (Å²) in [5, 5.41) is 2.58. The maximum atomic E-state index is 4.45. The predicted molar refractivity (Wildman–Crippen MR) is 256 cm³/mol. The van der Waals surface area contributed by atoms with Crippen LogP contribution < -0.4 is 4.90 Å². The Morgan fingerprint density at radius 3 is 1.98 bits per heavy atom. The number of anilines is 3. The van der Waals surface area contributed by atoms with E-state index in [0.717, 1.165) is 23.5 Å². The van der Waals surface area contributed by atoms with E-state index in [4.69, 9.17) is 0 Å². The first-order valence-corrected chi connectivity index (χ1v) is 25.3. The molecule has 2 nitrogen and oxygen atoms in total. The first kappa shape index (κ1) is 37.5. The van der Waals surface area contributed by atoms with Crippen LogP contribution in [0.15, 0.2) is 138 Å². The number of aryl methyl sites for hydroxylation is 1. The van der Waals surface area contributed by atoms with Crippen LogP contribution in [0.4, 0.5) is 17.1 Å². The van der Waals surface area contributed by atoms with Crippen molar-refractivity contribution in [2.45, 2.75) is 62.2 Å². The largest absolute Gasteiger partial charge is 0.310 e. The zero-order valence-corrected chi connectivity index (χ0v) is 36.9. The summed E-state index contributed by atoms with van der Waals surface area (Å²) in [4.78, 5) is 4.96. The van der Waals surface area contributed by atoms with Gasteiger partial charge in [-0.05, 0) is 132 Å². The van der Waals surface area contributed by atoms with Crippen molar-refractivity contribution in [3.8, 4) is 16.8 Å². The Balaban J connectivity index is 1.34.